The summed E-state index contributed by atoms with van der Waals surface area (Å²) < 4.78 is 27.2. The summed E-state index contributed by atoms with van der Waals surface area (Å²) in [5.41, 5.74) is 4.57. The number of rotatable bonds is 3. The zero-order chi connectivity index (χ0) is 14.9. The Balaban J connectivity index is 2.25. The Bertz CT molecular complexity index is 560. The van der Waals surface area contributed by atoms with Crippen molar-refractivity contribution in [3.8, 4) is 0 Å². The molecule has 6 heteroatoms. The second-order valence-corrected chi connectivity index (χ2v) is 5.77. The Kier molecular flexibility index (Phi) is 4.45. The first-order valence-electron chi connectivity index (χ1n) is 6.61. The lowest BCUT2D eigenvalue weighted by atomic mass is 10.00. The van der Waals surface area contributed by atoms with Crippen molar-refractivity contribution < 1.29 is 18.3 Å². The van der Waals surface area contributed by atoms with Crippen LogP contribution in [0.4, 0.5) is 0 Å². The molecule has 1 N–H and O–H groups in total. The molecule has 5 nitrogen and oxygen atoms in total. The highest BCUT2D eigenvalue weighted by Crippen LogP contribution is 2.37. The van der Waals surface area contributed by atoms with Gasteiger partial charge in [-0.25, -0.2) is 9.00 Å². The second-order valence-electron chi connectivity index (χ2n) is 4.86. The molecular weight excluding hydrogens is 278 g/mol. The lowest BCUT2D eigenvalue weighted by Gasteiger charge is -2.20. The molecule has 1 atom stereocenters. The van der Waals surface area contributed by atoms with E-state index in [4.69, 9.17) is 4.74 Å². The summed E-state index contributed by atoms with van der Waals surface area (Å²) in [6, 6.07) is 0. The molecule has 0 bridgehead atoms. The van der Waals surface area contributed by atoms with E-state index in [1.807, 2.05) is 19.9 Å². The predicted molar refractivity (Wildman–Crippen MR) is 76.8 cm³/mol. The molecular formula is C14H19NO4S. The van der Waals surface area contributed by atoms with Gasteiger partial charge in [-0.05, 0) is 50.0 Å². The van der Waals surface area contributed by atoms with Crippen LogP contribution in [0.5, 0.6) is 0 Å². The molecule has 20 heavy (non-hydrogen) atoms. The molecule has 0 spiro atoms. The minimum atomic E-state index is -2.01. The van der Waals surface area contributed by atoms with Gasteiger partial charge >= 0.3 is 5.97 Å². The maximum atomic E-state index is 11.8. The maximum Gasteiger partial charge on any atom is 0.334 e. The highest BCUT2D eigenvalue weighted by Gasteiger charge is 2.28. The average Bonchev–Trinajstić information content (AvgIpc) is 2.77. The van der Waals surface area contributed by atoms with Crippen molar-refractivity contribution in [1.82, 2.24) is 4.31 Å². The molecule has 2 aliphatic rings. The third-order valence-corrected chi connectivity index (χ3v) is 4.62. The minimum absolute atomic E-state index is 0.270. The van der Waals surface area contributed by atoms with E-state index in [-0.39, 0.29) is 5.97 Å². The van der Waals surface area contributed by atoms with E-state index in [0.29, 0.717) is 31.6 Å². The van der Waals surface area contributed by atoms with Gasteiger partial charge < -0.3 is 4.74 Å². The molecule has 0 saturated carbocycles. The van der Waals surface area contributed by atoms with Crippen LogP contribution in [-0.4, -0.2) is 32.2 Å². The highest BCUT2D eigenvalue weighted by atomic mass is 32.2. The summed E-state index contributed by atoms with van der Waals surface area (Å²) in [5.74, 6) is -0.270. The topological polar surface area (TPSA) is 66.8 Å². The first kappa shape index (κ1) is 15.0. The van der Waals surface area contributed by atoms with Gasteiger partial charge in [0.05, 0.1) is 6.61 Å². The van der Waals surface area contributed by atoms with Crippen molar-refractivity contribution in [3.05, 3.63) is 34.1 Å². The fourth-order valence-electron chi connectivity index (χ4n) is 2.59. The lowest BCUT2D eigenvalue weighted by Crippen LogP contribution is -2.25. The van der Waals surface area contributed by atoms with Gasteiger partial charge in [0, 0.05) is 24.2 Å². The van der Waals surface area contributed by atoms with E-state index in [2.05, 4.69) is 0 Å². The smallest absolute Gasteiger partial charge is 0.334 e. The third-order valence-electron chi connectivity index (χ3n) is 3.78. The Hall–Kier alpha value is -1.40. The molecule has 0 aromatic carbocycles. The highest BCUT2D eigenvalue weighted by molar-refractivity contribution is 7.76. The molecule has 0 aromatic heterocycles. The largest absolute Gasteiger partial charge is 0.463 e. The van der Waals surface area contributed by atoms with E-state index < -0.39 is 11.3 Å². The standard InChI is InChI=1S/C14H19NO4S/c1-4-19-14(16)12-7-11-5-6-15(20(17)18)10(3)9(2)13(11)8-12/h7H,4-6,8H2,1-3H3,(H,17,18). The molecule has 2 rings (SSSR count). The van der Waals surface area contributed by atoms with Crippen molar-refractivity contribution in [3.63, 3.8) is 0 Å². The molecule has 1 aliphatic carbocycles. The lowest BCUT2D eigenvalue weighted by molar-refractivity contribution is -0.138. The van der Waals surface area contributed by atoms with Crippen LogP contribution in [0.25, 0.3) is 0 Å². The molecule has 0 aromatic rings. The fourth-order valence-corrected chi connectivity index (χ4v) is 3.21. The van der Waals surface area contributed by atoms with Gasteiger partial charge in [-0.1, -0.05) is 0 Å². The van der Waals surface area contributed by atoms with Crippen LogP contribution < -0.4 is 0 Å². The zero-order valence-electron chi connectivity index (χ0n) is 11.9. The molecule has 0 radical (unpaired) electrons. The molecule has 1 aliphatic heterocycles. The van der Waals surface area contributed by atoms with Crippen LogP contribution >= 0.6 is 0 Å². The van der Waals surface area contributed by atoms with E-state index in [1.165, 1.54) is 4.31 Å². The summed E-state index contributed by atoms with van der Waals surface area (Å²) in [5, 5.41) is 0. The number of nitrogens with zero attached hydrogens (tertiary/aromatic N) is 1. The van der Waals surface area contributed by atoms with Crippen LogP contribution in [-0.2, 0) is 20.8 Å². The Morgan fingerprint density at radius 2 is 2.20 bits per heavy atom. The molecule has 1 heterocycles. The minimum Gasteiger partial charge on any atom is -0.463 e. The number of carbonyl (C=O) groups is 1. The maximum absolute atomic E-state index is 11.8. The first-order chi connectivity index (χ1) is 9.45. The van der Waals surface area contributed by atoms with Crippen LogP contribution in [0.3, 0.4) is 0 Å². The van der Waals surface area contributed by atoms with Gasteiger partial charge in [-0.15, -0.1) is 0 Å². The van der Waals surface area contributed by atoms with E-state index in [9.17, 15) is 13.6 Å². The molecule has 1 unspecified atom stereocenters. The van der Waals surface area contributed by atoms with E-state index in [0.717, 1.165) is 22.4 Å². The van der Waals surface area contributed by atoms with Crippen LogP contribution in [0.15, 0.2) is 34.1 Å². The van der Waals surface area contributed by atoms with Gasteiger partial charge in [-0.3, -0.25) is 8.86 Å². The average molecular weight is 297 g/mol. The van der Waals surface area contributed by atoms with Gasteiger partial charge in [0.15, 0.2) is 0 Å². The monoisotopic (exact) mass is 297 g/mol. The first-order valence-corrected chi connectivity index (χ1v) is 7.68. The number of hydrogen-bond donors (Lipinski definition) is 1. The summed E-state index contributed by atoms with van der Waals surface area (Å²) >= 11 is -2.01. The molecule has 0 fully saturated rings. The number of ether oxygens (including phenoxy) is 1. The van der Waals surface area contributed by atoms with Gasteiger partial charge in [0.1, 0.15) is 0 Å². The molecule has 0 saturated heterocycles. The quantitative estimate of drug-likeness (QED) is 0.641. The molecule has 0 amide bonds. The van der Waals surface area contributed by atoms with Crippen molar-refractivity contribution in [2.24, 2.45) is 0 Å². The van der Waals surface area contributed by atoms with Crippen LogP contribution in [0.1, 0.15) is 33.6 Å². The van der Waals surface area contributed by atoms with Crippen LogP contribution in [0, 0.1) is 0 Å². The Morgan fingerprint density at radius 1 is 1.50 bits per heavy atom. The number of hydrogen-bond acceptors (Lipinski definition) is 3. The summed E-state index contributed by atoms with van der Waals surface area (Å²) in [7, 11) is 0. The Labute approximate surface area is 121 Å². The van der Waals surface area contributed by atoms with Gasteiger partial charge in [0.25, 0.3) is 11.3 Å². The molecule has 110 valence electrons. The van der Waals surface area contributed by atoms with Crippen LogP contribution in [0.2, 0.25) is 0 Å². The number of allylic oxidation sites excluding steroid dienone is 4. The number of esters is 1. The van der Waals surface area contributed by atoms with E-state index in [1.54, 1.807) is 6.92 Å². The Morgan fingerprint density at radius 3 is 2.80 bits per heavy atom. The predicted octanol–water partition coefficient (Wildman–Crippen LogP) is 2.31. The fraction of sp³-hybridized carbons (Fsp3) is 0.500. The SMILES string of the molecule is CCOC(=O)C1=CC2=C(C1)C(C)=C(C)N(S(=O)O)CC2. The van der Waals surface area contributed by atoms with Gasteiger partial charge in [-0.2, -0.15) is 0 Å². The van der Waals surface area contributed by atoms with E-state index >= 15 is 0 Å². The third kappa shape index (κ3) is 2.71. The normalized spacial score (nSPS) is 20.6. The summed E-state index contributed by atoms with van der Waals surface area (Å²) in [6.07, 6.45) is 3.07. The van der Waals surface area contributed by atoms with Crippen molar-refractivity contribution in [2.45, 2.75) is 33.6 Å². The second kappa shape index (κ2) is 5.93. The van der Waals surface area contributed by atoms with Gasteiger partial charge in [0.2, 0.25) is 0 Å². The number of carbonyl (C=O) groups excluding carboxylic acids is 1. The van der Waals surface area contributed by atoms with Crippen molar-refractivity contribution in [1.29, 1.82) is 0 Å². The van der Waals surface area contributed by atoms with Crippen molar-refractivity contribution >= 4 is 17.2 Å². The summed E-state index contributed by atoms with van der Waals surface area (Å²) in [6.45, 7) is 6.39. The summed E-state index contributed by atoms with van der Waals surface area (Å²) in [4.78, 5) is 11.8. The zero-order valence-corrected chi connectivity index (χ0v) is 12.7. The van der Waals surface area contributed by atoms with Crippen molar-refractivity contribution in [2.75, 3.05) is 13.2 Å².